The summed E-state index contributed by atoms with van der Waals surface area (Å²) >= 11 is 0. The van der Waals surface area contributed by atoms with Gasteiger partial charge in [-0.3, -0.25) is 14.3 Å². The van der Waals surface area contributed by atoms with Crippen LogP contribution in [0.4, 0.5) is 0 Å². The van der Waals surface area contributed by atoms with Crippen LogP contribution in [0.15, 0.2) is 12.4 Å². The summed E-state index contributed by atoms with van der Waals surface area (Å²) in [6.07, 6.45) is 7.01. The molecule has 3 heterocycles. The third-order valence-electron chi connectivity index (χ3n) is 5.03. The van der Waals surface area contributed by atoms with E-state index in [1.807, 2.05) is 24.3 Å². The second-order valence-corrected chi connectivity index (χ2v) is 6.67. The molecule has 3 atom stereocenters. The van der Waals surface area contributed by atoms with Crippen LogP contribution in [0.2, 0.25) is 0 Å². The summed E-state index contributed by atoms with van der Waals surface area (Å²) in [6.45, 7) is 2.20. The van der Waals surface area contributed by atoms with Gasteiger partial charge in [0.2, 0.25) is 11.8 Å². The van der Waals surface area contributed by atoms with Crippen molar-refractivity contribution in [1.82, 2.24) is 20.0 Å². The van der Waals surface area contributed by atoms with E-state index in [-0.39, 0.29) is 48.5 Å². The number of nitrogens with one attached hydrogen (secondary N) is 1. The van der Waals surface area contributed by atoms with Gasteiger partial charge in [-0.05, 0) is 24.8 Å². The summed E-state index contributed by atoms with van der Waals surface area (Å²) in [5.74, 6) is -0.127. The molecule has 0 aromatic carbocycles. The number of rotatable bonds is 4. The first-order valence-electron chi connectivity index (χ1n) is 8.34. The first-order chi connectivity index (χ1) is 11.1. The van der Waals surface area contributed by atoms with Crippen LogP contribution in [0.3, 0.4) is 0 Å². The van der Waals surface area contributed by atoms with Crippen molar-refractivity contribution in [3.63, 3.8) is 0 Å². The molecule has 2 fully saturated rings. The smallest absolute Gasteiger partial charge is 0.227 e. The summed E-state index contributed by atoms with van der Waals surface area (Å²) in [5, 5.41) is 7.55. The van der Waals surface area contributed by atoms with E-state index >= 15 is 0 Å². The van der Waals surface area contributed by atoms with Crippen LogP contribution in [-0.4, -0.2) is 52.2 Å². The lowest BCUT2D eigenvalue weighted by atomic mass is 9.88. The molecular weight excluding hydrogens is 330 g/mol. The van der Waals surface area contributed by atoms with Gasteiger partial charge in [-0.25, -0.2) is 0 Å². The molecule has 3 N–H and O–H groups in total. The van der Waals surface area contributed by atoms with Crippen molar-refractivity contribution in [3.8, 4) is 0 Å². The average molecular weight is 356 g/mol. The minimum atomic E-state index is -0.331. The molecule has 24 heavy (non-hydrogen) atoms. The number of aromatic nitrogens is 2. The number of primary amides is 1. The van der Waals surface area contributed by atoms with Crippen molar-refractivity contribution in [1.29, 1.82) is 0 Å². The zero-order valence-corrected chi connectivity index (χ0v) is 14.8. The maximum Gasteiger partial charge on any atom is 0.227 e. The average Bonchev–Trinajstić information content (AvgIpc) is 3.15. The fraction of sp³-hybridized carbons (Fsp3) is 0.688. The third kappa shape index (κ3) is 3.89. The lowest BCUT2D eigenvalue weighted by Gasteiger charge is -2.37. The zero-order valence-electron chi connectivity index (χ0n) is 14.0. The molecular formula is C16H26ClN5O2. The molecule has 8 heteroatoms. The van der Waals surface area contributed by atoms with Gasteiger partial charge in [0.1, 0.15) is 0 Å². The van der Waals surface area contributed by atoms with Crippen molar-refractivity contribution < 1.29 is 9.59 Å². The molecule has 2 saturated heterocycles. The molecule has 2 aliphatic rings. The molecule has 2 aliphatic heterocycles. The van der Waals surface area contributed by atoms with Gasteiger partial charge in [-0.1, -0.05) is 0 Å². The highest BCUT2D eigenvalue weighted by Gasteiger charge is 2.39. The number of hydrogen-bond donors (Lipinski definition) is 2. The van der Waals surface area contributed by atoms with Crippen molar-refractivity contribution >= 4 is 24.2 Å². The van der Waals surface area contributed by atoms with Crippen LogP contribution < -0.4 is 11.1 Å². The maximum absolute atomic E-state index is 13.1. The predicted octanol–water partition coefficient (Wildman–Crippen LogP) is 0.401. The molecule has 2 amide bonds. The second-order valence-electron chi connectivity index (χ2n) is 6.67. The minimum absolute atomic E-state index is 0. The van der Waals surface area contributed by atoms with E-state index in [4.69, 9.17) is 5.73 Å². The molecule has 7 nitrogen and oxygen atoms in total. The number of nitrogens with two attached hydrogens (primary N) is 1. The van der Waals surface area contributed by atoms with E-state index in [1.54, 1.807) is 4.68 Å². The van der Waals surface area contributed by atoms with Crippen LogP contribution in [0, 0.1) is 5.92 Å². The van der Waals surface area contributed by atoms with Crippen LogP contribution in [0.1, 0.15) is 37.2 Å². The van der Waals surface area contributed by atoms with Gasteiger partial charge in [0.15, 0.2) is 0 Å². The van der Waals surface area contributed by atoms with Gasteiger partial charge in [-0.15, -0.1) is 12.4 Å². The van der Waals surface area contributed by atoms with Crippen LogP contribution >= 0.6 is 12.4 Å². The van der Waals surface area contributed by atoms with E-state index in [0.29, 0.717) is 6.54 Å². The van der Waals surface area contributed by atoms with Crippen molar-refractivity contribution in [2.75, 3.05) is 19.6 Å². The number of hydrogen-bond acceptors (Lipinski definition) is 4. The van der Waals surface area contributed by atoms with Gasteiger partial charge in [0.25, 0.3) is 0 Å². The van der Waals surface area contributed by atoms with Gasteiger partial charge in [0, 0.05) is 51.3 Å². The highest BCUT2D eigenvalue weighted by atomic mass is 35.5. The Balaban J connectivity index is 0.00000208. The molecule has 0 bridgehead atoms. The van der Waals surface area contributed by atoms with E-state index in [1.165, 1.54) is 0 Å². The first-order valence-corrected chi connectivity index (χ1v) is 8.34. The number of carbonyl (C=O) groups is 2. The second kappa shape index (κ2) is 7.98. The topological polar surface area (TPSA) is 93.3 Å². The molecule has 134 valence electrons. The highest BCUT2D eigenvalue weighted by Crippen LogP contribution is 2.31. The molecule has 0 aliphatic carbocycles. The third-order valence-corrected chi connectivity index (χ3v) is 5.03. The molecule has 1 aromatic rings. The van der Waals surface area contributed by atoms with Gasteiger partial charge in [0.05, 0.1) is 12.1 Å². The molecule has 1 unspecified atom stereocenters. The summed E-state index contributed by atoms with van der Waals surface area (Å²) < 4.78 is 1.77. The van der Waals surface area contributed by atoms with Crippen LogP contribution in [-0.2, 0) is 16.6 Å². The molecule has 3 rings (SSSR count). The lowest BCUT2D eigenvalue weighted by molar-refractivity contribution is -0.140. The SMILES string of the molecule is Cl.Cn1cc([C@H]2CNC[C@@H]2C(=O)N2CCCCC2CC(N)=O)cn1. The predicted molar refractivity (Wildman–Crippen MR) is 92.7 cm³/mol. The Morgan fingerprint density at radius 3 is 2.83 bits per heavy atom. The fourth-order valence-corrected chi connectivity index (χ4v) is 3.87. The monoisotopic (exact) mass is 355 g/mol. The number of piperidine rings is 1. The Bertz CT molecular complexity index is 591. The molecule has 0 spiro atoms. The number of nitrogens with zero attached hydrogens (tertiary/aromatic N) is 3. The van der Waals surface area contributed by atoms with Gasteiger partial charge < -0.3 is 16.0 Å². The quantitative estimate of drug-likeness (QED) is 0.817. The van der Waals surface area contributed by atoms with Crippen LogP contribution in [0.5, 0.6) is 0 Å². The minimum Gasteiger partial charge on any atom is -0.370 e. The number of halogens is 1. The zero-order chi connectivity index (χ0) is 16.4. The summed E-state index contributed by atoms with van der Waals surface area (Å²) in [5.41, 5.74) is 6.46. The Labute approximate surface area is 148 Å². The Hall–Kier alpha value is -1.60. The van der Waals surface area contributed by atoms with Gasteiger partial charge >= 0.3 is 0 Å². The standard InChI is InChI=1S/C16H25N5O2.ClH/c1-20-10-11(7-19-20)13-8-18-9-14(13)16(23)21-5-3-2-4-12(21)6-15(17)22;/h7,10,12-14,18H,2-6,8-9H2,1H3,(H2,17,22);1H/t12?,13-,14+;/m1./s1. The van der Waals surface area contributed by atoms with Crippen molar-refractivity contribution in [2.45, 2.75) is 37.6 Å². The number of aryl methyl sites for hydroxylation is 1. The maximum atomic E-state index is 13.1. The summed E-state index contributed by atoms with van der Waals surface area (Å²) in [6, 6.07) is -0.0381. The van der Waals surface area contributed by atoms with Crippen LogP contribution in [0.25, 0.3) is 0 Å². The van der Waals surface area contributed by atoms with Crippen molar-refractivity contribution in [2.24, 2.45) is 18.7 Å². The Morgan fingerprint density at radius 2 is 2.17 bits per heavy atom. The van der Waals surface area contributed by atoms with E-state index in [2.05, 4.69) is 10.4 Å². The van der Waals surface area contributed by atoms with Gasteiger partial charge in [-0.2, -0.15) is 5.10 Å². The first kappa shape index (κ1) is 18.7. The normalized spacial score (nSPS) is 26.9. The van der Waals surface area contributed by atoms with Crippen molar-refractivity contribution in [3.05, 3.63) is 18.0 Å². The summed E-state index contributed by atoms with van der Waals surface area (Å²) in [7, 11) is 1.89. The molecule has 1 aromatic heterocycles. The molecule has 0 saturated carbocycles. The van der Waals surface area contributed by atoms with E-state index < -0.39 is 0 Å². The lowest BCUT2D eigenvalue weighted by Crippen LogP contribution is -2.49. The number of likely N-dealkylation sites (tertiary alicyclic amines) is 1. The van der Waals surface area contributed by atoms with E-state index in [9.17, 15) is 9.59 Å². The fourth-order valence-electron chi connectivity index (χ4n) is 3.87. The highest BCUT2D eigenvalue weighted by molar-refractivity contribution is 5.85. The molecule has 0 radical (unpaired) electrons. The van der Waals surface area contributed by atoms with E-state index in [0.717, 1.165) is 37.9 Å². The summed E-state index contributed by atoms with van der Waals surface area (Å²) in [4.78, 5) is 26.3. The number of amides is 2. The Morgan fingerprint density at radius 1 is 1.38 bits per heavy atom. The Kier molecular flexibility index (Phi) is 6.23. The number of carbonyl (C=O) groups excluding carboxylic acids is 2. The largest absolute Gasteiger partial charge is 0.370 e.